The third kappa shape index (κ3) is 9.84. The van der Waals surface area contributed by atoms with Gasteiger partial charge >= 0.3 is 31.4 Å². The summed E-state index contributed by atoms with van der Waals surface area (Å²) in [5.41, 5.74) is 11.2. The molecule has 65 heavy (non-hydrogen) atoms. The average Bonchev–Trinajstić information content (AvgIpc) is 4.17. The van der Waals surface area contributed by atoms with Gasteiger partial charge < -0.3 is 20.2 Å². The molecule has 2 N–H and O–H groups in total. The van der Waals surface area contributed by atoms with Gasteiger partial charge in [0, 0.05) is 30.6 Å². The van der Waals surface area contributed by atoms with E-state index in [4.69, 9.17) is 19.9 Å². The van der Waals surface area contributed by atoms with Gasteiger partial charge in [0.05, 0.1) is 33.9 Å². The molecule has 2 aliphatic rings. The molecule has 2 aromatic carbocycles. The number of carboxylic acid groups (broad SMARTS) is 2. The second-order valence-corrected chi connectivity index (χ2v) is 18.6. The first kappa shape index (κ1) is 45.6. The van der Waals surface area contributed by atoms with Crippen molar-refractivity contribution in [2.45, 2.75) is 78.1 Å². The first-order valence-corrected chi connectivity index (χ1v) is 23.8. The summed E-state index contributed by atoms with van der Waals surface area (Å²) in [5, 5.41) is 19.5. The summed E-state index contributed by atoms with van der Waals surface area (Å²) in [6.07, 6.45) is 19.7. The molecule has 8 nitrogen and oxygen atoms in total. The van der Waals surface area contributed by atoms with Crippen LogP contribution in [-0.2, 0) is 32.3 Å². The molecule has 7 heterocycles. The topological polar surface area (TPSA) is 129 Å². The molecule has 8 bridgehead atoms. The normalized spacial score (nSPS) is 11.8. The number of nitrogens with zero attached hydrogens (tertiary/aromatic N) is 4. The zero-order valence-electron chi connectivity index (χ0n) is 36.6. The quantitative estimate of drug-likeness (QED) is 0.0724. The van der Waals surface area contributed by atoms with Crippen molar-refractivity contribution in [3.05, 3.63) is 141 Å². The van der Waals surface area contributed by atoms with Gasteiger partial charge in [-0.25, -0.2) is 19.6 Å². The van der Waals surface area contributed by atoms with Crippen LogP contribution in [0, 0.1) is 0 Å². The summed E-state index contributed by atoms with van der Waals surface area (Å²) in [5.74, 6) is -2.01. The van der Waals surface area contributed by atoms with Crippen LogP contribution in [-0.4, -0.2) is 32.1 Å². The largest absolute Gasteiger partial charge is 2.00 e. The summed E-state index contributed by atoms with van der Waals surface area (Å²) in [6, 6.07) is 30.6. The predicted molar refractivity (Wildman–Crippen MR) is 264 cm³/mol. The first-order chi connectivity index (χ1) is 31.3. The van der Waals surface area contributed by atoms with E-state index in [1.165, 1.54) is 48.3 Å². The maximum absolute atomic E-state index is 11.9. The minimum absolute atomic E-state index is 0. The molecule has 5 aromatic heterocycles. The minimum atomic E-state index is -1.00. The number of carboxylic acids is 2. The minimum Gasteiger partial charge on any atom is -0.657 e. The van der Waals surface area contributed by atoms with Crippen LogP contribution in [0.2, 0.25) is 0 Å². The standard InChI is InChI=1S/C54H50N4O4S2.Zn/c1-3-5-7-9-11-37-21-31-47(63-37)51-43-27-25-41(56-43)49(33-13-17-35(18-14-33)53(59)60)39-23-24-40(55-39)50(34-15-19-36(20-16-34)54(61)62)42-26-28-44(57-42)52(46-30-29-45(51)58-46)48-32-22-38(64-48)12-10-8-6-4-2;/h13-32H,3-12H2,1-2H3,(H4,55,56,57,58,59,60,61,62);/q;+2/p-2. The van der Waals surface area contributed by atoms with Crippen LogP contribution in [0.5, 0.6) is 0 Å². The van der Waals surface area contributed by atoms with Crippen LogP contribution in [0.25, 0.3) is 89.5 Å². The number of aromatic nitrogens is 4. The Hall–Kier alpha value is -6.00. The SMILES string of the molecule is CCCCCCc1ccc(-c2c3nc(c(-c4ccc(CCCCCC)s4)c4ccc([n-]4)c(-c4ccc(C(=O)O)cc4)c4nc(c(-c5ccc(C(=O)O)cc5)c5ccc2[n-]5)C=C4)C=C3)s1.[Zn+2]. The van der Waals surface area contributed by atoms with Crippen molar-refractivity contribution in [1.82, 2.24) is 19.9 Å². The first-order valence-electron chi connectivity index (χ1n) is 22.2. The van der Waals surface area contributed by atoms with Gasteiger partial charge in [-0.15, -0.1) is 44.7 Å². The van der Waals surface area contributed by atoms with Crippen molar-refractivity contribution in [3.63, 3.8) is 0 Å². The fourth-order valence-corrected chi connectivity index (χ4v) is 10.7. The molecule has 0 fully saturated rings. The number of aryl methyl sites for hydroxylation is 2. The maximum Gasteiger partial charge on any atom is 2.00 e. The number of fused-ring (bicyclic) bond motifs is 8. The molecule has 0 spiro atoms. The molecule has 0 saturated carbocycles. The Bertz CT molecular complexity index is 2900. The molecular formula is C54H48N4O4S2Zn. The van der Waals surface area contributed by atoms with Crippen molar-refractivity contribution in [2.24, 2.45) is 0 Å². The second-order valence-electron chi connectivity index (χ2n) is 16.3. The van der Waals surface area contributed by atoms with Crippen molar-refractivity contribution >= 4 is 81.0 Å². The molecule has 322 valence electrons. The molecule has 7 aromatic rings. The monoisotopic (exact) mass is 944 g/mol. The average molecular weight is 947 g/mol. The van der Waals surface area contributed by atoms with Crippen molar-refractivity contribution in [2.75, 3.05) is 0 Å². The zero-order valence-corrected chi connectivity index (χ0v) is 41.2. The molecule has 9 rings (SSSR count). The number of benzene rings is 2. The Morgan fingerprint density at radius 1 is 0.462 bits per heavy atom. The number of carbonyl (C=O) groups is 2. The fraction of sp³-hybridized carbons (Fsp3) is 0.222. The van der Waals surface area contributed by atoms with Crippen LogP contribution in [0.4, 0.5) is 0 Å². The van der Waals surface area contributed by atoms with Crippen LogP contribution in [0.1, 0.15) is 118 Å². The van der Waals surface area contributed by atoms with E-state index in [1.54, 1.807) is 71.2 Å². The smallest absolute Gasteiger partial charge is 0.657 e. The third-order valence-electron chi connectivity index (χ3n) is 11.8. The Morgan fingerprint density at radius 3 is 1.17 bits per heavy atom. The molecule has 0 unspecified atom stereocenters. The van der Waals surface area contributed by atoms with Crippen LogP contribution in [0.15, 0.2) is 97.1 Å². The Balaban J connectivity index is 0.00000576. The van der Waals surface area contributed by atoms with Gasteiger partial charge in [0.2, 0.25) is 0 Å². The summed E-state index contributed by atoms with van der Waals surface area (Å²) >= 11 is 3.59. The van der Waals surface area contributed by atoms with E-state index < -0.39 is 11.9 Å². The summed E-state index contributed by atoms with van der Waals surface area (Å²) in [6.45, 7) is 4.47. The van der Waals surface area contributed by atoms with Crippen LogP contribution < -0.4 is 9.97 Å². The van der Waals surface area contributed by atoms with Crippen LogP contribution in [0.3, 0.4) is 0 Å². The molecule has 0 atom stereocenters. The third-order valence-corrected chi connectivity index (χ3v) is 14.1. The number of hydrogen-bond acceptors (Lipinski definition) is 6. The Kier molecular flexibility index (Phi) is 14.3. The molecule has 11 heteroatoms. The summed E-state index contributed by atoms with van der Waals surface area (Å²) in [4.78, 5) is 50.2. The van der Waals surface area contributed by atoms with Gasteiger partial charge in [-0.1, -0.05) is 101 Å². The van der Waals surface area contributed by atoms with E-state index in [9.17, 15) is 19.8 Å². The Morgan fingerprint density at radius 2 is 0.815 bits per heavy atom. The summed E-state index contributed by atoms with van der Waals surface area (Å²) < 4.78 is 0. The van der Waals surface area contributed by atoms with E-state index in [2.05, 4.69) is 50.3 Å². The van der Waals surface area contributed by atoms with Gasteiger partial charge in [0.1, 0.15) is 0 Å². The van der Waals surface area contributed by atoms with E-state index in [1.807, 2.05) is 36.4 Å². The molecule has 2 aliphatic heterocycles. The molecule has 0 aliphatic carbocycles. The Labute approximate surface area is 399 Å². The van der Waals surface area contributed by atoms with Gasteiger partial charge in [-0.2, -0.15) is 0 Å². The zero-order chi connectivity index (χ0) is 44.2. The van der Waals surface area contributed by atoms with Crippen LogP contribution >= 0.6 is 22.7 Å². The molecule has 0 saturated heterocycles. The van der Waals surface area contributed by atoms with Gasteiger partial charge in [-0.3, -0.25) is 0 Å². The van der Waals surface area contributed by atoms with E-state index in [-0.39, 0.29) is 30.6 Å². The van der Waals surface area contributed by atoms with Gasteiger partial charge in [0.15, 0.2) is 0 Å². The number of unbranched alkanes of at least 4 members (excludes halogenated alkanes) is 6. The summed E-state index contributed by atoms with van der Waals surface area (Å²) in [7, 11) is 0. The molecule has 0 amide bonds. The fourth-order valence-electron chi connectivity index (χ4n) is 8.49. The van der Waals surface area contributed by atoms with Crippen molar-refractivity contribution in [1.29, 1.82) is 0 Å². The van der Waals surface area contributed by atoms with Gasteiger partial charge in [0.25, 0.3) is 0 Å². The number of thiophene rings is 2. The van der Waals surface area contributed by atoms with Gasteiger partial charge in [-0.05, 0) is 121 Å². The van der Waals surface area contributed by atoms with E-state index in [0.29, 0.717) is 22.4 Å². The number of rotatable bonds is 16. The van der Waals surface area contributed by atoms with Crippen molar-refractivity contribution in [3.8, 4) is 43.1 Å². The molecular weight excluding hydrogens is 898 g/mol. The van der Waals surface area contributed by atoms with E-state index in [0.717, 1.165) is 91.2 Å². The second kappa shape index (κ2) is 20.4. The predicted octanol–water partition coefficient (Wildman–Crippen LogP) is 14.3. The number of aromatic carboxylic acids is 2. The van der Waals surface area contributed by atoms with E-state index >= 15 is 0 Å². The number of hydrogen-bond donors (Lipinski definition) is 2. The van der Waals surface area contributed by atoms with Crippen molar-refractivity contribution < 1.29 is 39.3 Å². The molecule has 0 radical (unpaired) electrons. The maximum atomic E-state index is 11.9.